The molecule has 0 bridgehead atoms. The van der Waals surface area contributed by atoms with E-state index in [2.05, 4.69) is 49.2 Å². The third kappa shape index (κ3) is 4.40. The zero-order valence-corrected chi connectivity index (χ0v) is 15.9. The molecular weight excluding hydrogens is 348 g/mol. The lowest BCUT2D eigenvalue weighted by atomic mass is 10.2. The Balaban J connectivity index is 1.55. The molecule has 2 aromatic heterocycles. The van der Waals surface area contributed by atoms with Crippen molar-refractivity contribution in [1.82, 2.24) is 25.8 Å². The van der Waals surface area contributed by atoms with Crippen LogP contribution >= 0.6 is 11.3 Å². The molecule has 136 valence electrons. The Morgan fingerprint density at radius 1 is 1.19 bits per heavy atom. The van der Waals surface area contributed by atoms with Crippen molar-refractivity contribution in [3.63, 3.8) is 0 Å². The van der Waals surface area contributed by atoms with E-state index in [1.807, 2.05) is 24.3 Å². The quantitative estimate of drug-likeness (QED) is 0.459. The van der Waals surface area contributed by atoms with Crippen LogP contribution in [0.5, 0.6) is 5.75 Å². The van der Waals surface area contributed by atoms with E-state index < -0.39 is 0 Å². The smallest absolute Gasteiger partial charge is 0.191 e. The van der Waals surface area contributed by atoms with E-state index in [9.17, 15) is 0 Å². The highest BCUT2D eigenvalue weighted by Gasteiger charge is 2.07. The third-order valence-electron chi connectivity index (χ3n) is 3.91. The fourth-order valence-corrected chi connectivity index (χ4v) is 3.23. The van der Waals surface area contributed by atoms with Crippen LogP contribution in [0, 0.1) is 6.92 Å². The Morgan fingerprint density at radius 2 is 1.96 bits per heavy atom. The number of ether oxygens (including phenoxy) is 1. The number of hydrogen-bond donors (Lipinski definition) is 3. The number of hydrogen-bond acceptors (Lipinski definition) is 5. The van der Waals surface area contributed by atoms with Crippen LogP contribution in [-0.2, 0) is 13.1 Å². The van der Waals surface area contributed by atoms with Gasteiger partial charge in [-0.25, -0.2) is 4.98 Å². The standard InChI is InChI=1S/C18H22N6OS/c1-12-8-9-26-15(12)10-20-18(19-2)21-11-16-22-17(24-23-16)13-4-6-14(25-3)7-5-13/h4-9H,10-11H2,1-3H3,(H2,19,20,21)(H,22,23,24). The third-order valence-corrected chi connectivity index (χ3v) is 4.93. The van der Waals surface area contributed by atoms with E-state index in [1.165, 1.54) is 10.4 Å². The van der Waals surface area contributed by atoms with Crippen LogP contribution in [0.25, 0.3) is 11.4 Å². The zero-order chi connectivity index (χ0) is 18.4. The first-order valence-electron chi connectivity index (χ1n) is 8.23. The van der Waals surface area contributed by atoms with Crippen molar-refractivity contribution in [1.29, 1.82) is 0 Å². The van der Waals surface area contributed by atoms with Gasteiger partial charge in [-0.3, -0.25) is 10.1 Å². The lowest BCUT2D eigenvalue weighted by Gasteiger charge is -2.10. The van der Waals surface area contributed by atoms with Crippen molar-refractivity contribution in [3.8, 4) is 17.1 Å². The van der Waals surface area contributed by atoms with E-state index in [0.717, 1.165) is 29.6 Å². The molecule has 2 heterocycles. The average molecular weight is 370 g/mol. The minimum atomic E-state index is 0.506. The molecule has 0 radical (unpaired) electrons. The van der Waals surface area contributed by atoms with Crippen molar-refractivity contribution in [2.75, 3.05) is 14.2 Å². The molecule has 3 rings (SSSR count). The van der Waals surface area contributed by atoms with Gasteiger partial charge in [-0.15, -0.1) is 11.3 Å². The number of benzene rings is 1. The number of nitrogens with one attached hydrogen (secondary N) is 3. The van der Waals surface area contributed by atoms with Crippen molar-refractivity contribution in [2.24, 2.45) is 4.99 Å². The normalized spacial score (nSPS) is 11.4. The topological polar surface area (TPSA) is 87.2 Å². The highest BCUT2D eigenvalue weighted by atomic mass is 32.1. The second-order valence-electron chi connectivity index (χ2n) is 5.64. The summed E-state index contributed by atoms with van der Waals surface area (Å²) < 4.78 is 5.17. The minimum Gasteiger partial charge on any atom is -0.497 e. The van der Waals surface area contributed by atoms with Gasteiger partial charge in [0, 0.05) is 17.5 Å². The first-order chi connectivity index (χ1) is 12.7. The molecule has 0 atom stereocenters. The average Bonchev–Trinajstić information content (AvgIpc) is 3.31. The fraction of sp³-hybridized carbons (Fsp3) is 0.278. The molecule has 0 aliphatic carbocycles. The summed E-state index contributed by atoms with van der Waals surface area (Å²) in [6.07, 6.45) is 0. The Labute approximate surface area is 156 Å². The molecule has 1 aromatic carbocycles. The van der Waals surface area contributed by atoms with Gasteiger partial charge in [-0.05, 0) is 48.2 Å². The predicted octanol–water partition coefficient (Wildman–Crippen LogP) is 2.72. The molecule has 0 unspecified atom stereocenters. The van der Waals surface area contributed by atoms with Gasteiger partial charge in [0.1, 0.15) is 11.6 Å². The summed E-state index contributed by atoms with van der Waals surface area (Å²) >= 11 is 1.74. The predicted molar refractivity (Wildman–Crippen MR) is 104 cm³/mol. The molecule has 7 nitrogen and oxygen atoms in total. The second kappa shape index (κ2) is 8.48. The molecule has 26 heavy (non-hydrogen) atoms. The van der Waals surface area contributed by atoms with Crippen LogP contribution in [0.15, 0.2) is 40.7 Å². The van der Waals surface area contributed by atoms with Crippen LogP contribution < -0.4 is 15.4 Å². The van der Waals surface area contributed by atoms with Crippen LogP contribution in [0.3, 0.4) is 0 Å². The Hall–Kier alpha value is -2.87. The SMILES string of the molecule is CN=C(NCc1nc(-c2ccc(OC)cc2)n[nH]1)NCc1sccc1C. The number of methoxy groups -OCH3 is 1. The van der Waals surface area contributed by atoms with Crippen LogP contribution in [0.1, 0.15) is 16.3 Å². The molecule has 3 N–H and O–H groups in total. The van der Waals surface area contributed by atoms with Gasteiger partial charge in [-0.1, -0.05) is 0 Å². The van der Waals surface area contributed by atoms with E-state index >= 15 is 0 Å². The number of nitrogens with zero attached hydrogens (tertiary/aromatic N) is 3. The van der Waals surface area contributed by atoms with E-state index in [4.69, 9.17) is 4.74 Å². The minimum absolute atomic E-state index is 0.506. The maximum Gasteiger partial charge on any atom is 0.191 e. The molecule has 0 saturated carbocycles. The van der Waals surface area contributed by atoms with E-state index in [1.54, 1.807) is 25.5 Å². The summed E-state index contributed by atoms with van der Waals surface area (Å²) in [4.78, 5) is 10.1. The highest BCUT2D eigenvalue weighted by Crippen LogP contribution is 2.19. The summed E-state index contributed by atoms with van der Waals surface area (Å²) in [5, 5.41) is 15.9. The first-order valence-corrected chi connectivity index (χ1v) is 9.10. The Bertz CT molecular complexity index is 868. The number of rotatable bonds is 6. The van der Waals surface area contributed by atoms with Crippen LogP contribution in [0.4, 0.5) is 0 Å². The summed E-state index contributed by atoms with van der Waals surface area (Å²) in [6, 6.07) is 9.77. The Kier molecular flexibility index (Phi) is 5.85. The highest BCUT2D eigenvalue weighted by molar-refractivity contribution is 7.10. The lowest BCUT2D eigenvalue weighted by molar-refractivity contribution is 0.415. The van der Waals surface area contributed by atoms with E-state index in [0.29, 0.717) is 12.4 Å². The Morgan fingerprint density at radius 3 is 2.62 bits per heavy atom. The molecule has 0 aliphatic heterocycles. The van der Waals surface area contributed by atoms with Gasteiger partial charge in [-0.2, -0.15) is 5.10 Å². The van der Waals surface area contributed by atoms with Gasteiger partial charge >= 0.3 is 0 Å². The van der Waals surface area contributed by atoms with Crippen molar-refractivity contribution in [2.45, 2.75) is 20.0 Å². The molecule has 0 saturated heterocycles. The number of aliphatic imine (C=N–C) groups is 1. The monoisotopic (exact) mass is 370 g/mol. The lowest BCUT2D eigenvalue weighted by Crippen LogP contribution is -2.36. The zero-order valence-electron chi connectivity index (χ0n) is 15.0. The summed E-state index contributed by atoms with van der Waals surface area (Å²) in [6.45, 7) is 3.36. The number of H-pyrrole nitrogens is 1. The molecule has 0 amide bonds. The number of aryl methyl sites for hydroxylation is 1. The first kappa shape index (κ1) is 17.9. The fourth-order valence-electron chi connectivity index (χ4n) is 2.38. The van der Waals surface area contributed by atoms with Crippen LogP contribution in [0.2, 0.25) is 0 Å². The summed E-state index contributed by atoms with van der Waals surface area (Å²) in [5.74, 6) is 2.93. The van der Waals surface area contributed by atoms with Gasteiger partial charge in [0.15, 0.2) is 11.8 Å². The summed E-state index contributed by atoms with van der Waals surface area (Å²) in [7, 11) is 3.39. The van der Waals surface area contributed by atoms with E-state index in [-0.39, 0.29) is 0 Å². The molecule has 8 heteroatoms. The number of aromatic nitrogens is 3. The molecule has 0 spiro atoms. The van der Waals surface area contributed by atoms with Gasteiger partial charge in [0.2, 0.25) is 0 Å². The van der Waals surface area contributed by atoms with Gasteiger partial charge in [0.05, 0.1) is 20.2 Å². The van der Waals surface area contributed by atoms with Crippen molar-refractivity contribution in [3.05, 3.63) is 52.0 Å². The largest absolute Gasteiger partial charge is 0.497 e. The maximum atomic E-state index is 5.17. The van der Waals surface area contributed by atoms with Crippen molar-refractivity contribution >= 4 is 17.3 Å². The van der Waals surface area contributed by atoms with Gasteiger partial charge < -0.3 is 15.4 Å². The number of guanidine groups is 1. The van der Waals surface area contributed by atoms with Crippen molar-refractivity contribution < 1.29 is 4.74 Å². The van der Waals surface area contributed by atoms with Crippen LogP contribution in [-0.4, -0.2) is 35.3 Å². The second-order valence-corrected chi connectivity index (χ2v) is 6.64. The number of thiophene rings is 1. The maximum absolute atomic E-state index is 5.17. The molecule has 3 aromatic rings. The number of aromatic amines is 1. The van der Waals surface area contributed by atoms with Gasteiger partial charge in [0.25, 0.3) is 0 Å². The molecular formula is C18H22N6OS. The molecule has 0 fully saturated rings. The summed E-state index contributed by atoms with van der Waals surface area (Å²) in [5.41, 5.74) is 2.22. The molecule has 0 aliphatic rings.